The Balaban J connectivity index is 0.000000220. The Morgan fingerprint density at radius 2 is 1.11 bits per heavy atom. The monoisotopic (exact) mass is 963 g/mol. The number of anilines is 2. The quantitative estimate of drug-likeness (QED) is 0.0603. The van der Waals surface area contributed by atoms with Crippen LogP contribution >= 0.6 is 0 Å². The number of para-hydroxylation sites is 2. The summed E-state index contributed by atoms with van der Waals surface area (Å²) in [5, 5.41) is 6.91. The van der Waals surface area contributed by atoms with E-state index in [2.05, 4.69) is 10.2 Å². The van der Waals surface area contributed by atoms with Gasteiger partial charge in [0.05, 0.1) is 55.6 Å². The number of alkyl halides is 6. The molecule has 356 valence electrons. The van der Waals surface area contributed by atoms with Crippen molar-refractivity contribution in [2.75, 3.05) is 65.9 Å². The Morgan fingerprint density at radius 3 is 1.48 bits per heavy atom. The summed E-state index contributed by atoms with van der Waals surface area (Å²) in [6, 6.07) is 30.5. The van der Waals surface area contributed by atoms with Crippen molar-refractivity contribution in [2.45, 2.75) is 57.0 Å². The van der Waals surface area contributed by atoms with E-state index in [1.54, 1.807) is 119 Å². The molecule has 66 heavy (non-hydrogen) atoms. The van der Waals surface area contributed by atoms with Gasteiger partial charge in [-0.2, -0.15) is 8.78 Å². The number of rotatable bonds is 20. The molecule has 1 aromatic heterocycles. The molecule has 2 N–H and O–H groups in total. The summed E-state index contributed by atoms with van der Waals surface area (Å²) >= 11 is 0. The second kappa shape index (κ2) is 22.0. The average molecular weight is 964 g/mol. The first-order valence-electron chi connectivity index (χ1n) is 21.2. The highest BCUT2D eigenvalue weighted by Gasteiger charge is 2.39. The van der Waals surface area contributed by atoms with Gasteiger partial charge >= 0.3 is 6.43 Å². The number of hydrogen-bond donors (Lipinski definition) is 1. The van der Waals surface area contributed by atoms with Crippen molar-refractivity contribution in [1.82, 2.24) is 20.0 Å². The van der Waals surface area contributed by atoms with E-state index in [-0.39, 0.29) is 101 Å². The molecule has 3 heterocycles. The van der Waals surface area contributed by atoms with E-state index in [4.69, 9.17) is 10.2 Å². The number of carbonyl (C=O) groups excluding carboxylic acids is 1. The molecule has 0 saturated carbocycles. The van der Waals surface area contributed by atoms with Gasteiger partial charge in [0.25, 0.3) is 17.7 Å². The molecule has 0 unspecified atom stereocenters. The summed E-state index contributed by atoms with van der Waals surface area (Å²) in [5.74, 6) is -6.77. The number of sulfonamides is 2. The van der Waals surface area contributed by atoms with Crippen LogP contribution in [-0.4, -0.2) is 112 Å². The number of hydrogen-bond acceptors (Lipinski definition) is 11. The first-order chi connectivity index (χ1) is 31.3. The van der Waals surface area contributed by atoms with Crippen molar-refractivity contribution in [2.24, 2.45) is 5.73 Å². The van der Waals surface area contributed by atoms with Crippen molar-refractivity contribution < 1.29 is 52.4 Å². The summed E-state index contributed by atoms with van der Waals surface area (Å²) in [5.41, 5.74) is 8.65. The molecule has 0 radical (unpaired) electrons. The van der Waals surface area contributed by atoms with E-state index >= 15 is 0 Å². The zero-order valence-electron chi connectivity index (χ0n) is 35.9. The third-order valence-corrected chi connectivity index (χ3v) is 14.6. The second-order valence-corrected chi connectivity index (χ2v) is 20.1. The van der Waals surface area contributed by atoms with Crippen LogP contribution in [0.15, 0.2) is 114 Å². The molecule has 2 aliphatic heterocycles. The lowest BCUT2D eigenvalue weighted by atomic mass is 10.1. The molecule has 2 fully saturated rings. The van der Waals surface area contributed by atoms with Gasteiger partial charge in [-0.15, -0.1) is 10.2 Å². The van der Waals surface area contributed by atoms with Gasteiger partial charge in [-0.05, 0) is 73.5 Å². The predicted octanol–water partition coefficient (Wildman–Crippen LogP) is 7.64. The fraction of sp³-hybridized carbons (Fsp3) is 0.400. The summed E-state index contributed by atoms with van der Waals surface area (Å²) in [6.07, 6.45) is -2.77. The minimum Gasteiger partial charge on any atom is -0.415 e. The number of nitrogens with zero attached hydrogens (tertiary/aromatic N) is 6. The molecule has 0 atom stereocenters. The highest BCUT2D eigenvalue weighted by atomic mass is 32.2. The number of carbonyl (C=O) groups is 1. The Kier molecular flexibility index (Phi) is 16.7. The van der Waals surface area contributed by atoms with Gasteiger partial charge in [-0.25, -0.2) is 34.4 Å². The molecule has 13 nitrogen and oxygen atoms in total. The third kappa shape index (κ3) is 14.1. The van der Waals surface area contributed by atoms with E-state index in [0.29, 0.717) is 34.6 Å². The van der Waals surface area contributed by atoms with Crippen LogP contribution < -0.4 is 14.3 Å². The standard InChI is InChI=1S/C23H24F4N4O3S.C22H27F2N3O3S/c24-20(25)22-29-28-21(34-22)18-9-7-17(8-10-18)15-31(19-5-2-1-3-6-19)35(32,33)14-4-12-30-13-11-23(26,27)16-30;23-22(24)11-13-26(17-22)12-4-14-31(29,30)27(20-5-2-1-3-6-20)16-18-7-9-19(10-8-18)21(28)15-25/h1-3,5-10,20H,4,11-16H2;1-3,5-10H,4,11-17,25H2. The maximum atomic E-state index is 13.4. The molecule has 0 aliphatic carbocycles. The van der Waals surface area contributed by atoms with E-state index in [0.717, 1.165) is 5.56 Å². The van der Waals surface area contributed by atoms with Gasteiger partial charge < -0.3 is 10.2 Å². The number of ketones is 1. The van der Waals surface area contributed by atoms with Crippen LogP contribution in [0.2, 0.25) is 0 Å². The Morgan fingerprint density at radius 1 is 0.667 bits per heavy atom. The lowest BCUT2D eigenvalue weighted by Gasteiger charge is -2.25. The lowest BCUT2D eigenvalue weighted by Crippen LogP contribution is -2.34. The number of Topliss-reactive ketones (excluding diaryl/α,β-unsaturated/α-hetero) is 1. The van der Waals surface area contributed by atoms with Gasteiger partial charge in [-0.3, -0.25) is 23.2 Å². The zero-order valence-corrected chi connectivity index (χ0v) is 37.5. The van der Waals surface area contributed by atoms with Crippen molar-refractivity contribution in [1.29, 1.82) is 0 Å². The largest absolute Gasteiger partial charge is 0.415 e. The third-order valence-electron chi connectivity index (χ3n) is 11.0. The summed E-state index contributed by atoms with van der Waals surface area (Å²) < 4.78 is 139. The van der Waals surface area contributed by atoms with Gasteiger partial charge in [-0.1, -0.05) is 72.8 Å². The smallest absolute Gasteiger partial charge is 0.314 e. The van der Waals surface area contributed by atoms with Crippen LogP contribution in [0, 0.1) is 0 Å². The Hall–Kier alpha value is -5.35. The molecule has 4 aromatic carbocycles. The fourth-order valence-corrected chi connectivity index (χ4v) is 10.5. The molecule has 2 aliphatic rings. The molecule has 0 spiro atoms. The van der Waals surface area contributed by atoms with Gasteiger partial charge in [0.2, 0.25) is 25.9 Å². The average Bonchev–Trinajstić information content (AvgIpc) is 4.03. The number of benzene rings is 4. The minimum atomic E-state index is -3.77. The van der Waals surface area contributed by atoms with Crippen molar-refractivity contribution >= 4 is 37.2 Å². The van der Waals surface area contributed by atoms with Crippen LogP contribution in [0.5, 0.6) is 0 Å². The van der Waals surface area contributed by atoms with Crippen molar-refractivity contribution in [3.05, 3.63) is 132 Å². The van der Waals surface area contributed by atoms with Crippen molar-refractivity contribution in [3.63, 3.8) is 0 Å². The molecule has 5 aromatic rings. The molecular weight excluding hydrogens is 913 g/mol. The predicted molar refractivity (Wildman–Crippen MR) is 239 cm³/mol. The maximum Gasteiger partial charge on any atom is 0.314 e. The molecule has 0 bridgehead atoms. The fourth-order valence-electron chi connectivity index (χ4n) is 7.48. The van der Waals surface area contributed by atoms with Gasteiger partial charge in [0, 0.05) is 37.1 Å². The van der Waals surface area contributed by atoms with Gasteiger partial charge in [0.1, 0.15) is 0 Å². The number of nitrogens with two attached hydrogens (primary N) is 1. The van der Waals surface area contributed by atoms with Crippen molar-refractivity contribution in [3.8, 4) is 11.5 Å². The zero-order chi connectivity index (χ0) is 47.5. The normalized spacial score (nSPS) is 16.2. The molecule has 21 heteroatoms. The Labute approximate surface area is 380 Å². The minimum absolute atomic E-state index is 0.0283. The van der Waals surface area contributed by atoms with Crippen LogP contribution in [-0.2, 0) is 33.1 Å². The van der Waals surface area contributed by atoms with Crippen LogP contribution in [0.4, 0.5) is 37.7 Å². The number of halogens is 6. The topological polar surface area (TPSA) is 163 Å². The first-order valence-corrected chi connectivity index (χ1v) is 24.4. The highest BCUT2D eigenvalue weighted by molar-refractivity contribution is 7.93. The molecule has 7 rings (SSSR count). The molecular formula is C45H51F6N7O6S2. The van der Waals surface area contributed by atoms with E-state index < -0.39 is 44.2 Å². The first kappa shape index (κ1) is 50.1. The van der Waals surface area contributed by atoms with Gasteiger partial charge in [0.15, 0.2) is 5.78 Å². The number of likely N-dealkylation sites (tertiary alicyclic amines) is 2. The van der Waals surface area contributed by atoms with E-state index in [1.165, 1.54) is 8.61 Å². The van der Waals surface area contributed by atoms with E-state index in [1.807, 2.05) is 0 Å². The van der Waals surface area contributed by atoms with Crippen LogP contribution in [0.1, 0.15) is 59.5 Å². The SMILES string of the molecule is NCC(=O)c1ccc(CN(c2ccccc2)S(=O)(=O)CCCN2CCC(F)(F)C2)cc1.O=S(=O)(CCCN1CCC(F)(F)C1)N(Cc1ccc(-c2nnc(C(F)F)o2)cc1)c1ccccc1. The van der Waals surface area contributed by atoms with E-state index in [9.17, 15) is 48.0 Å². The van der Waals surface area contributed by atoms with Crippen LogP contribution in [0.3, 0.4) is 0 Å². The summed E-state index contributed by atoms with van der Waals surface area (Å²) in [7, 11) is -7.46. The highest BCUT2D eigenvalue weighted by Crippen LogP contribution is 2.30. The Bertz CT molecular complexity index is 2560. The maximum absolute atomic E-state index is 13.4. The number of aromatic nitrogens is 2. The summed E-state index contributed by atoms with van der Waals surface area (Å²) in [6.45, 7) is 0.497. The molecule has 2 saturated heterocycles. The van der Waals surface area contributed by atoms with Crippen LogP contribution in [0.25, 0.3) is 11.5 Å². The molecule has 0 amide bonds. The summed E-state index contributed by atoms with van der Waals surface area (Å²) in [4.78, 5) is 14.9. The lowest BCUT2D eigenvalue weighted by molar-refractivity contribution is 0.0116. The second-order valence-electron chi connectivity index (χ2n) is 16.1.